The molecule has 0 atom stereocenters. The van der Waals surface area contributed by atoms with Crippen molar-refractivity contribution in [2.75, 3.05) is 5.32 Å². The van der Waals surface area contributed by atoms with Crippen LogP contribution in [0.1, 0.15) is 10.4 Å². The largest absolute Gasteiger partial charge is 0.321 e. The van der Waals surface area contributed by atoms with Gasteiger partial charge in [0.2, 0.25) is 0 Å². The molecule has 1 heterocycles. The molecule has 0 bridgehead atoms. The zero-order valence-corrected chi connectivity index (χ0v) is 13.0. The minimum Gasteiger partial charge on any atom is -0.321 e. The number of benzene rings is 1. The number of nitrogens with one attached hydrogen (secondary N) is 1. The van der Waals surface area contributed by atoms with E-state index < -0.39 is 10.8 Å². The molecule has 1 aromatic carbocycles. The van der Waals surface area contributed by atoms with Gasteiger partial charge in [-0.1, -0.05) is 0 Å². The molecule has 0 unspecified atom stereocenters. The number of nitro benzene ring substituents is 1. The first-order chi connectivity index (χ1) is 9.49. The third kappa shape index (κ3) is 3.20. The first-order valence-electron chi connectivity index (χ1n) is 5.35. The van der Waals surface area contributed by atoms with Gasteiger partial charge in [-0.15, -0.1) is 0 Å². The van der Waals surface area contributed by atoms with Crippen molar-refractivity contribution < 1.29 is 9.72 Å². The van der Waals surface area contributed by atoms with Crippen molar-refractivity contribution in [3.05, 3.63) is 61.3 Å². The Morgan fingerprint density at radius 3 is 2.70 bits per heavy atom. The van der Waals surface area contributed by atoms with Crippen molar-refractivity contribution in [1.82, 2.24) is 4.98 Å². The predicted octanol–water partition coefficient (Wildman–Crippen LogP) is 3.77. The maximum Gasteiger partial charge on any atom is 0.271 e. The molecule has 0 saturated heterocycles. The van der Waals surface area contributed by atoms with Crippen molar-refractivity contribution in [2.24, 2.45) is 0 Å². The van der Waals surface area contributed by atoms with Gasteiger partial charge in [0.05, 0.1) is 16.2 Å². The minimum atomic E-state index is -0.526. The highest BCUT2D eigenvalue weighted by Gasteiger charge is 2.15. The molecule has 1 aromatic heterocycles. The van der Waals surface area contributed by atoms with Gasteiger partial charge in [0.25, 0.3) is 11.6 Å². The number of carbonyl (C=O) groups is 1. The van der Waals surface area contributed by atoms with E-state index in [0.29, 0.717) is 20.3 Å². The fourth-order valence-corrected chi connectivity index (χ4v) is 2.24. The molecule has 0 aliphatic heterocycles. The zero-order chi connectivity index (χ0) is 14.7. The maximum atomic E-state index is 12.1. The van der Waals surface area contributed by atoms with Crippen LogP contribution in [0.2, 0.25) is 0 Å². The van der Waals surface area contributed by atoms with Gasteiger partial charge >= 0.3 is 0 Å². The van der Waals surface area contributed by atoms with E-state index in [1.807, 2.05) is 0 Å². The quantitative estimate of drug-likeness (QED) is 0.482. The molecule has 2 aromatic rings. The molecule has 0 radical (unpaired) electrons. The van der Waals surface area contributed by atoms with Crippen LogP contribution in [-0.2, 0) is 0 Å². The molecule has 1 amide bonds. The predicted molar refractivity (Wildman–Crippen MR) is 80.7 cm³/mol. The van der Waals surface area contributed by atoms with Crippen LogP contribution in [0.5, 0.6) is 0 Å². The number of hydrogen-bond acceptors (Lipinski definition) is 4. The van der Waals surface area contributed by atoms with Crippen molar-refractivity contribution in [3.8, 4) is 0 Å². The van der Waals surface area contributed by atoms with Crippen LogP contribution in [0.15, 0.2) is 45.6 Å². The average Bonchev–Trinajstić information content (AvgIpc) is 2.41. The topological polar surface area (TPSA) is 85.1 Å². The van der Waals surface area contributed by atoms with Crippen molar-refractivity contribution in [2.45, 2.75) is 0 Å². The molecule has 0 saturated carbocycles. The number of pyridine rings is 1. The Kier molecular flexibility index (Phi) is 4.46. The fraction of sp³-hybridized carbons (Fsp3) is 0. The van der Waals surface area contributed by atoms with Gasteiger partial charge in [-0.2, -0.15) is 0 Å². The summed E-state index contributed by atoms with van der Waals surface area (Å²) in [5, 5.41) is 13.3. The van der Waals surface area contributed by atoms with Gasteiger partial charge < -0.3 is 5.32 Å². The van der Waals surface area contributed by atoms with Gasteiger partial charge in [0, 0.05) is 22.8 Å². The SMILES string of the molecule is O=C(Nc1cc([N+](=O)[O-])ccc1Br)c1cccnc1Br. The van der Waals surface area contributed by atoms with E-state index in [-0.39, 0.29) is 5.69 Å². The highest BCUT2D eigenvalue weighted by Crippen LogP contribution is 2.28. The van der Waals surface area contributed by atoms with Crippen molar-refractivity contribution in [3.63, 3.8) is 0 Å². The summed E-state index contributed by atoms with van der Waals surface area (Å²) >= 11 is 6.41. The Bertz CT molecular complexity index is 691. The van der Waals surface area contributed by atoms with Gasteiger partial charge in [0.1, 0.15) is 4.60 Å². The number of anilines is 1. The lowest BCUT2D eigenvalue weighted by Gasteiger charge is -2.08. The smallest absolute Gasteiger partial charge is 0.271 e. The van der Waals surface area contributed by atoms with E-state index in [1.54, 1.807) is 18.3 Å². The van der Waals surface area contributed by atoms with E-state index in [0.717, 1.165) is 0 Å². The average molecular weight is 401 g/mol. The molecular formula is C12H7Br2N3O3. The highest BCUT2D eigenvalue weighted by molar-refractivity contribution is 9.10. The van der Waals surface area contributed by atoms with E-state index >= 15 is 0 Å². The maximum absolute atomic E-state index is 12.1. The second-order valence-electron chi connectivity index (χ2n) is 3.72. The Morgan fingerprint density at radius 2 is 2.05 bits per heavy atom. The Balaban J connectivity index is 2.30. The molecule has 0 aliphatic carbocycles. The molecular weight excluding hydrogens is 394 g/mol. The number of rotatable bonds is 3. The lowest BCUT2D eigenvalue weighted by molar-refractivity contribution is -0.384. The summed E-state index contributed by atoms with van der Waals surface area (Å²) in [6, 6.07) is 7.36. The van der Waals surface area contributed by atoms with E-state index in [2.05, 4.69) is 42.2 Å². The summed E-state index contributed by atoms with van der Waals surface area (Å²) < 4.78 is 0.954. The number of hydrogen-bond donors (Lipinski definition) is 1. The van der Waals surface area contributed by atoms with E-state index in [1.165, 1.54) is 18.2 Å². The van der Waals surface area contributed by atoms with Crippen LogP contribution in [0.4, 0.5) is 11.4 Å². The third-order valence-electron chi connectivity index (χ3n) is 2.41. The Labute approximate surface area is 130 Å². The van der Waals surface area contributed by atoms with Gasteiger partial charge in [-0.25, -0.2) is 4.98 Å². The lowest BCUT2D eigenvalue weighted by Crippen LogP contribution is -2.13. The summed E-state index contributed by atoms with van der Waals surface area (Å²) in [4.78, 5) is 26.3. The highest BCUT2D eigenvalue weighted by atomic mass is 79.9. The molecule has 0 spiro atoms. The fourth-order valence-electron chi connectivity index (χ4n) is 1.47. The summed E-state index contributed by atoms with van der Waals surface area (Å²) in [6.07, 6.45) is 1.55. The first kappa shape index (κ1) is 14.6. The number of nitrogens with zero attached hydrogens (tertiary/aromatic N) is 2. The molecule has 0 aliphatic rings. The van der Waals surface area contributed by atoms with E-state index in [4.69, 9.17) is 0 Å². The molecule has 0 fully saturated rings. The van der Waals surface area contributed by atoms with Crippen LogP contribution in [0.25, 0.3) is 0 Å². The molecule has 1 N–H and O–H groups in total. The number of amides is 1. The number of carbonyl (C=O) groups excluding carboxylic acids is 1. The second-order valence-corrected chi connectivity index (χ2v) is 5.32. The number of halogens is 2. The summed E-state index contributed by atoms with van der Waals surface area (Å²) in [7, 11) is 0. The second kappa shape index (κ2) is 6.10. The van der Waals surface area contributed by atoms with Crippen molar-refractivity contribution >= 4 is 49.1 Å². The monoisotopic (exact) mass is 399 g/mol. The Hall–Kier alpha value is -1.80. The number of nitro groups is 1. The van der Waals surface area contributed by atoms with Crippen LogP contribution >= 0.6 is 31.9 Å². The van der Waals surface area contributed by atoms with Crippen LogP contribution < -0.4 is 5.32 Å². The molecule has 2 rings (SSSR count). The van der Waals surface area contributed by atoms with E-state index in [9.17, 15) is 14.9 Å². The summed E-state index contributed by atoms with van der Waals surface area (Å²) in [5.74, 6) is -0.411. The van der Waals surface area contributed by atoms with Gasteiger partial charge in [-0.05, 0) is 50.1 Å². The van der Waals surface area contributed by atoms with Gasteiger partial charge in [-0.3, -0.25) is 14.9 Å². The lowest BCUT2D eigenvalue weighted by atomic mass is 10.2. The number of aromatic nitrogens is 1. The minimum absolute atomic E-state index is 0.103. The van der Waals surface area contributed by atoms with Crippen LogP contribution in [0, 0.1) is 10.1 Å². The summed E-state index contributed by atoms with van der Waals surface area (Å²) in [5.41, 5.74) is 0.555. The molecule has 6 nitrogen and oxygen atoms in total. The first-order valence-corrected chi connectivity index (χ1v) is 6.93. The molecule has 8 heteroatoms. The normalized spacial score (nSPS) is 10.1. The summed E-state index contributed by atoms with van der Waals surface area (Å²) in [6.45, 7) is 0. The van der Waals surface area contributed by atoms with Crippen LogP contribution in [0.3, 0.4) is 0 Å². The van der Waals surface area contributed by atoms with Crippen LogP contribution in [-0.4, -0.2) is 15.8 Å². The van der Waals surface area contributed by atoms with Crippen molar-refractivity contribution in [1.29, 1.82) is 0 Å². The Morgan fingerprint density at radius 1 is 1.30 bits per heavy atom. The molecule has 102 valence electrons. The third-order valence-corrected chi connectivity index (χ3v) is 3.74. The zero-order valence-electron chi connectivity index (χ0n) is 9.84. The molecule has 20 heavy (non-hydrogen) atoms. The van der Waals surface area contributed by atoms with Gasteiger partial charge in [0.15, 0.2) is 0 Å². The standard InChI is InChI=1S/C12H7Br2N3O3/c13-9-4-3-7(17(19)20)6-10(9)16-12(18)8-2-1-5-15-11(8)14/h1-6H,(H,16,18). The number of non-ortho nitro benzene ring substituents is 1.